The van der Waals surface area contributed by atoms with Crippen molar-refractivity contribution in [1.82, 2.24) is 4.90 Å². The van der Waals surface area contributed by atoms with Crippen LogP contribution >= 0.6 is 12.6 Å². The second kappa shape index (κ2) is 5.74. The van der Waals surface area contributed by atoms with Gasteiger partial charge in [0.15, 0.2) is 0 Å². The summed E-state index contributed by atoms with van der Waals surface area (Å²) in [5.41, 5.74) is 0.435. The second-order valence-corrected chi connectivity index (χ2v) is 5.88. The maximum atomic E-state index is 5.48. The first-order valence-electron chi connectivity index (χ1n) is 6.69. The fraction of sp³-hybridized carbons (Fsp3) is 1.00. The molecule has 0 N–H and O–H groups in total. The third-order valence-electron chi connectivity index (χ3n) is 4.40. The fourth-order valence-electron chi connectivity index (χ4n) is 3.03. The predicted octanol–water partition coefficient (Wildman–Crippen LogP) is 2.44. The van der Waals surface area contributed by atoms with Gasteiger partial charge < -0.3 is 9.64 Å². The van der Waals surface area contributed by atoms with Crippen molar-refractivity contribution < 1.29 is 4.74 Å². The van der Waals surface area contributed by atoms with Crippen molar-refractivity contribution in [2.45, 2.75) is 32.6 Å². The molecule has 0 amide bonds. The van der Waals surface area contributed by atoms with Gasteiger partial charge in [0, 0.05) is 26.3 Å². The molecular weight excluding hydrogens is 218 g/mol. The zero-order chi connectivity index (χ0) is 11.4. The number of hydrogen-bond acceptors (Lipinski definition) is 3. The third kappa shape index (κ3) is 2.93. The Morgan fingerprint density at radius 3 is 2.69 bits per heavy atom. The monoisotopic (exact) mass is 243 g/mol. The molecule has 1 atom stereocenters. The summed E-state index contributed by atoms with van der Waals surface area (Å²) in [4.78, 5) is 2.66. The van der Waals surface area contributed by atoms with Gasteiger partial charge in [0.05, 0.1) is 0 Å². The van der Waals surface area contributed by atoms with Crippen molar-refractivity contribution in [2.75, 3.05) is 38.6 Å². The molecule has 0 aromatic carbocycles. The molecule has 0 saturated carbocycles. The second-order valence-electron chi connectivity index (χ2n) is 5.57. The lowest BCUT2D eigenvalue weighted by Gasteiger charge is -2.39. The number of rotatable bonds is 4. The number of nitrogens with zero attached hydrogens (tertiary/aromatic N) is 1. The van der Waals surface area contributed by atoms with E-state index in [0.717, 1.165) is 24.9 Å². The van der Waals surface area contributed by atoms with E-state index in [1.807, 2.05) is 0 Å². The lowest BCUT2D eigenvalue weighted by Crippen LogP contribution is -2.42. The minimum Gasteiger partial charge on any atom is -0.381 e. The Morgan fingerprint density at radius 2 is 2.12 bits per heavy atom. The van der Waals surface area contributed by atoms with E-state index in [1.54, 1.807) is 0 Å². The van der Waals surface area contributed by atoms with Crippen molar-refractivity contribution in [3.05, 3.63) is 0 Å². The number of likely N-dealkylation sites (tertiary alicyclic amines) is 1. The van der Waals surface area contributed by atoms with Crippen LogP contribution in [0.15, 0.2) is 0 Å². The summed E-state index contributed by atoms with van der Waals surface area (Å²) >= 11 is 4.59. The molecular formula is C13H25NOS. The molecule has 0 aromatic rings. The minimum absolute atomic E-state index is 0.435. The van der Waals surface area contributed by atoms with E-state index >= 15 is 0 Å². The number of ether oxygens (including phenoxy) is 1. The molecule has 2 heterocycles. The average molecular weight is 243 g/mol. The lowest BCUT2D eigenvalue weighted by atomic mass is 9.81. The highest BCUT2D eigenvalue weighted by molar-refractivity contribution is 7.80. The zero-order valence-corrected chi connectivity index (χ0v) is 11.3. The van der Waals surface area contributed by atoms with Crippen molar-refractivity contribution in [1.29, 1.82) is 0 Å². The van der Waals surface area contributed by atoms with Crippen molar-refractivity contribution in [3.63, 3.8) is 0 Å². The molecule has 94 valence electrons. The van der Waals surface area contributed by atoms with E-state index in [4.69, 9.17) is 4.74 Å². The SMILES string of the molecule is CCC1CCN(CC2(CS)CCOCC2)C1. The van der Waals surface area contributed by atoms with Gasteiger partial charge in [-0.15, -0.1) is 0 Å². The first-order valence-corrected chi connectivity index (χ1v) is 7.32. The largest absolute Gasteiger partial charge is 0.381 e. The molecule has 2 fully saturated rings. The summed E-state index contributed by atoms with van der Waals surface area (Å²) in [6.45, 7) is 8.05. The third-order valence-corrected chi connectivity index (χ3v) is 5.07. The summed E-state index contributed by atoms with van der Waals surface area (Å²) in [6.07, 6.45) is 5.14. The smallest absolute Gasteiger partial charge is 0.0472 e. The van der Waals surface area contributed by atoms with Crippen LogP contribution in [0.3, 0.4) is 0 Å². The maximum absolute atomic E-state index is 5.48. The van der Waals surface area contributed by atoms with Crippen LogP contribution in [0.4, 0.5) is 0 Å². The summed E-state index contributed by atoms with van der Waals surface area (Å²) in [5.74, 6) is 1.96. The molecule has 2 aliphatic rings. The van der Waals surface area contributed by atoms with Crippen LogP contribution in [0.5, 0.6) is 0 Å². The Kier molecular flexibility index (Phi) is 4.57. The fourth-order valence-corrected chi connectivity index (χ4v) is 3.45. The molecule has 0 aliphatic carbocycles. The Balaban J connectivity index is 1.86. The van der Waals surface area contributed by atoms with Crippen LogP contribution in [0.1, 0.15) is 32.6 Å². The summed E-state index contributed by atoms with van der Waals surface area (Å²) < 4.78 is 5.48. The van der Waals surface area contributed by atoms with Crippen LogP contribution in [-0.2, 0) is 4.74 Å². The van der Waals surface area contributed by atoms with Crippen LogP contribution in [0.2, 0.25) is 0 Å². The van der Waals surface area contributed by atoms with Crippen LogP contribution in [0, 0.1) is 11.3 Å². The van der Waals surface area contributed by atoms with Gasteiger partial charge in [-0.3, -0.25) is 0 Å². The van der Waals surface area contributed by atoms with Gasteiger partial charge in [0.1, 0.15) is 0 Å². The van der Waals surface area contributed by atoms with E-state index in [9.17, 15) is 0 Å². The van der Waals surface area contributed by atoms with E-state index in [1.165, 1.54) is 45.3 Å². The summed E-state index contributed by atoms with van der Waals surface area (Å²) in [6, 6.07) is 0. The molecule has 2 rings (SSSR count). The summed E-state index contributed by atoms with van der Waals surface area (Å²) in [5, 5.41) is 0. The maximum Gasteiger partial charge on any atom is 0.0472 e. The van der Waals surface area contributed by atoms with Gasteiger partial charge in [0.2, 0.25) is 0 Å². The quantitative estimate of drug-likeness (QED) is 0.762. The van der Waals surface area contributed by atoms with E-state index in [2.05, 4.69) is 24.5 Å². The molecule has 1 unspecified atom stereocenters. The zero-order valence-electron chi connectivity index (χ0n) is 10.5. The van der Waals surface area contributed by atoms with Crippen LogP contribution in [-0.4, -0.2) is 43.5 Å². The predicted molar refractivity (Wildman–Crippen MR) is 71.2 cm³/mol. The minimum atomic E-state index is 0.435. The highest BCUT2D eigenvalue weighted by Gasteiger charge is 2.35. The Labute approximate surface area is 105 Å². The molecule has 3 heteroatoms. The molecule has 0 aromatic heterocycles. The first kappa shape index (κ1) is 12.7. The Bertz CT molecular complexity index is 216. The van der Waals surface area contributed by atoms with Crippen molar-refractivity contribution in [2.24, 2.45) is 11.3 Å². The topological polar surface area (TPSA) is 12.5 Å². The van der Waals surface area contributed by atoms with E-state index in [-0.39, 0.29) is 0 Å². The van der Waals surface area contributed by atoms with Gasteiger partial charge in [0.25, 0.3) is 0 Å². The van der Waals surface area contributed by atoms with E-state index in [0.29, 0.717) is 5.41 Å². The number of thiol groups is 1. The van der Waals surface area contributed by atoms with Gasteiger partial charge in [-0.1, -0.05) is 13.3 Å². The highest BCUT2D eigenvalue weighted by atomic mass is 32.1. The van der Waals surface area contributed by atoms with Gasteiger partial charge in [-0.25, -0.2) is 0 Å². The Morgan fingerprint density at radius 1 is 1.38 bits per heavy atom. The molecule has 0 bridgehead atoms. The molecule has 2 aliphatic heterocycles. The molecule has 0 radical (unpaired) electrons. The summed E-state index contributed by atoms with van der Waals surface area (Å²) in [7, 11) is 0. The number of hydrogen-bond donors (Lipinski definition) is 1. The molecule has 16 heavy (non-hydrogen) atoms. The normalized spacial score (nSPS) is 30.8. The van der Waals surface area contributed by atoms with Crippen molar-refractivity contribution in [3.8, 4) is 0 Å². The van der Waals surface area contributed by atoms with Gasteiger partial charge in [-0.2, -0.15) is 12.6 Å². The molecule has 0 spiro atoms. The standard InChI is InChI=1S/C13H25NOS/c1-2-12-3-6-14(9-12)10-13(11-16)4-7-15-8-5-13/h12,16H,2-11H2,1H3. The highest BCUT2D eigenvalue weighted by Crippen LogP contribution is 2.34. The first-order chi connectivity index (χ1) is 7.78. The Hall–Kier alpha value is 0.270. The van der Waals surface area contributed by atoms with Crippen LogP contribution < -0.4 is 0 Å². The van der Waals surface area contributed by atoms with Crippen LogP contribution in [0.25, 0.3) is 0 Å². The van der Waals surface area contributed by atoms with E-state index < -0.39 is 0 Å². The molecule has 2 nitrogen and oxygen atoms in total. The van der Waals surface area contributed by atoms with Gasteiger partial charge in [-0.05, 0) is 42.9 Å². The van der Waals surface area contributed by atoms with Crippen molar-refractivity contribution >= 4 is 12.6 Å². The lowest BCUT2D eigenvalue weighted by molar-refractivity contribution is 0.0107. The van der Waals surface area contributed by atoms with Gasteiger partial charge >= 0.3 is 0 Å². The average Bonchev–Trinajstić information content (AvgIpc) is 2.78. The molecule has 2 saturated heterocycles.